The number of nitrogens with zero attached hydrogens (tertiary/aromatic N) is 2. The fourth-order valence-corrected chi connectivity index (χ4v) is 1.76. The highest BCUT2D eigenvalue weighted by Gasteiger charge is 2.31. The summed E-state index contributed by atoms with van der Waals surface area (Å²) < 4.78 is 42.7. The lowest BCUT2D eigenvalue weighted by Crippen LogP contribution is -2.45. The highest BCUT2D eigenvalue weighted by Crippen LogP contribution is 2.33. The Morgan fingerprint density at radius 2 is 2.04 bits per heavy atom. The summed E-state index contributed by atoms with van der Waals surface area (Å²) in [5.41, 5.74) is 4.60. The van der Waals surface area contributed by atoms with Gasteiger partial charge in [-0.25, -0.2) is 4.98 Å². The minimum absolute atomic E-state index is 0.0376. The monoisotopic (exact) mass is 352 g/mol. The lowest BCUT2D eigenvalue weighted by molar-refractivity contribution is -0.137. The van der Waals surface area contributed by atoms with Crippen molar-refractivity contribution in [3.8, 4) is 5.88 Å². The summed E-state index contributed by atoms with van der Waals surface area (Å²) in [6.07, 6.45) is -3.28. The first-order chi connectivity index (χ1) is 10.5. The lowest BCUT2D eigenvalue weighted by Gasteiger charge is -2.20. The van der Waals surface area contributed by atoms with Gasteiger partial charge in [0.2, 0.25) is 5.88 Å². The topological polar surface area (TPSA) is 72.5 Å². The minimum atomic E-state index is -4.48. The lowest BCUT2D eigenvalue weighted by atomic mass is 10.1. The molecule has 1 aromatic rings. The third kappa shape index (κ3) is 7.40. The van der Waals surface area contributed by atoms with Crippen molar-refractivity contribution in [2.45, 2.75) is 38.9 Å². The quantitative estimate of drug-likeness (QED) is 0.485. The van der Waals surface area contributed by atoms with Crippen molar-refractivity contribution in [3.05, 3.63) is 22.8 Å². The van der Waals surface area contributed by atoms with Gasteiger partial charge in [0.25, 0.3) is 0 Å². The highest BCUT2D eigenvalue weighted by atomic mass is 35.5. The van der Waals surface area contributed by atoms with Crippen LogP contribution in [0.25, 0.3) is 0 Å². The van der Waals surface area contributed by atoms with Crippen LogP contribution in [0.15, 0.2) is 17.3 Å². The first kappa shape index (κ1) is 19.3. The molecule has 0 atom stereocenters. The molecular formula is C14H20ClF3N4O. The van der Waals surface area contributed by atoms with E-state index in [1.54, 1.807) is 0 Å². The molecule has 0 aromatic carbocycles. The Morgan fingerprint density at radius 1 is 1.39 bits per heavy atom. The van der Waals surface area contributed by atoms with Crippen molar-refractivity contribution in [1.82, 2.24) is 10.3 Å². The Labute approximate surface area is 138 Å². The molecule has 0 bridgehead atoms. The molecule has 0 aliphatic heterocycles. The third-order valence-corrected chi connectivity index (χ3v) is 2.73. The molecule has 130 valence electrons. The normalized spacial score (nSPS) is 13.1. The molecule has 0 saturated heterocycles. The molecule has 0 aliphatic carbocycles. The van der Waals surface area contributed by atoms with E-state index in [1.807, 2.05) is 20.8 Å². The zero-order valence-electron chi connectivity index (χ0n) is 13.2. The number of nitrogens with one attached hydrogen (secondary N) is 1. The molecule has 3 N–H and O–H groups in total. The molecule has 23 heavy (non-hydrogen) atoms. The van der Waals surface area contributed by atoms with Crippen molar-refractivity contribution < 1.29 is 17.9 Å². The second-order valence-electron chi connectivity index (χ2n) is 5.85. The maximum absolute atomic E-state index is 12.5. The second-order valence-corrected chi connectivity index (χ2v) is 6.26. The summed E-state index contributed by atoms with van der Waals surface area (Å²) >= 11 is 5.73. The van der Waals surface area contributed by atoms with E-state index in [2.05, 4.69) is 15.3 Å². The first-order valence-corrected chi connectivity index (χ1v) is 7.30. The van der Waals surface area contributed by atoms with Crippen LogP contribution in [0.3, 0.4) is 0 Å². The SMILES string of the molecule is CC(C)(C)NC(N)=NCCCOc1ncc(C(F)(F)F)cc1Cl. The Morgan fingerprint density at radius 3 is 2.57 bits per heavy atom. The molecule has 5 nitrogen and oxygen atoms in total. The van der Waals surface area contributed by atoms with Crippen LogP contribution in [0.1, 0.15) is 32.8 Å². The first-order valence-electron chi connectivity index (χ1n) is 6.93. The molecule has 1 rings (SSSR count). The zero-order chi connectivity index (χ0) is 17.7. The summed E-state index contributed by atoms with van der Waals surface area (Å²) in [5.74, 6) is 0.285. The van der Waals surface area contributed by atoms with Gasteiger partial charge in [0.15, 0.2) is 5.96 Å². The molecule has 0 amide bonds. The summed E-state index contributed by atoms with van der Waals surface area (Å²) in [4.78, 5) is 7.69. The van der Waals surface area contributed by atoms with Crippen LogP contribution in [0.5, 0.6) is 5.88 Å². The van der Waals surface area contributed by atoms with E-state index >= 15 is 0 Å². The van der Waals surface area contributed by atoms with Crippen molar-refractivity contribution in [2.75, 3.05) is 13.2 Å². The number of alkyl halides is 3. The molecule has 0 fully saturated rings. The van der Waals surface area contributed by atoms with Crippen LogP contribution in [0.2, 0.25) is 5.02 Å². The molecule has 9 heteroatoms. The van der Waals surface area contributed by atoms with Crippen molar-refractivity contribution in [2.24, 2.45) is 10.7 Å². The molecule has 0 spiro atoms. The van der Waals surface area contributed by atoms with Gasteiger partial charge in [-0.3, -0.25) is 4.99 Å². The molecule has 1 aromatic heterocycles. The summed E-state index contributed by atoms with van der Waals surface area (Å²) in [7, 11) is 0. The third-order valence-electron chi connectivity index (χ3n) is 2.46. The van der Waals surface area contributed by atoms with Gasteiger partial charge < -0.3 is 15.8 Å². The predicted octanol–water partition coefficient (Wildman–Crippen LogP) is 3.23. The number of hydrogen-bond donors (Lipinski definition) is 2. The molecule has 1 heterocycles. The van der Waals surface area contributed by atoms with Crippen molar-refractivity contribution >= 4 is 17.6 Å². The van der Waals surface area contributed by atoms with Crippen LogP contribution in [-0.4, -0.2) is 29.6 Å². The van der Waals surface area contributed by atoms with Crippen LogP contribution in [0.4, 0.5) is 13.2 Å². The number of halogens is 4. The number of ether oxygens (including phenoxy) is 1. The van der Waals surface area contributed by atoms with Crippen LogP contribution < -0.4 is 15.8 Å². The van der Waals surface area contributed by atoms with E-state index in [0.717, 1.165) is 6.07 Å². The number of nitrogens with two attached hydrogens (primary N) is 1. The Hall–Kier alpha value is -1.70. The van der Waals surface area contributed by atoms with Crippen molar-refractivity contribution in [3.63, 3.8) is 0 Å². The zero-order valence-corrected chi connectivity index (χ0v) is 13.9. The van der Waals surface area contributed by atoms with E-state index < -0.39 is 11.7 Å². The van der Waals surface area contributed by atoms with Crippen LogP contribution in [-0.2, 0) is 6.18 Å². The smallest absolute Gasteiger partial charge is 0.417 e. The van der Waals surface area contributed by atoms with Crippen molar-refractivity contribution in [1.29, 1.82) is 0 Å². The fourth-order valence-electron chi connectivity index (χ4n) is 1.54. The molecule has 0 radical (unpaired) electrons. The summed E-state index contributed by atoms with van der Waals surface area (Å²) in [6.45, 7) is 6.49. The van der Waals surface area contributed by atoms with E-state index in [4.69, 9.17) is 22.1 Å². The van der Waals surface area contributed by atoms with E-state index in [1.165, 1.54) is 0 Å². The van der Waals surface area contributed by atoms with Gasteiger partial charge in [0, 0.05) is 24.7 Å². The Kier molecular flexibility index (Phi) is 6.49. The second kappa shape index (κ2) is 7.72. The molecular weight excluding hydrogens is 333 g/mol. The maximum atomic E-state index is 12.5. The Bertz CT molecular complexity index is 556. The summed E-state index contributed by atoms with van der Waals surface area (Å²) in [6, 6.07) is 0.785. The molecule has 0 saturated carbocycles. The summed E-state index contributed by atoms with van der Waals surface area (Å²) in [5, 5.41) is 2.82. The molecule has 0 aliphatic rings. The average Bonchev–Trinajstić information content (AvgIpc) is 2.36. The number of guanidine groups is 1. The fraction of sp³-hybridized carbons (Fsp3) is 0.571. The van der Waals surface area contributed by atoms with Gasteiger partial charge in [-0.05, 0) is 26.8 Å². The standard InChI is InChI=1S/C14H20ClF3N4O/c1-13(2,3)22-12(19)20-5-4-6-23-11-10(15)7-9(8-21-11)14(16,17)18/h7-8H,4-6H2,1-3H3,(H3,19,20,22). The number of pyridine rings is 1. The maximum Gasteiger partial charge on any atom is 0.417 e. The largest absolute Gasteiger partial charge is 0.477 e. The van der Waals surface area contributed by atoms with Gasteiger partial charge in [-0.1, -0.05) is 11.6 Å². The number of aromatic nitrogens is 1. The van der Waals surface area contributed by atoms with Crippen LogP contribution in [0, 0.1) is 0 Å². The van der Waals surface area contributed by atoms with Crippen LogP contribution >= 0.6 is 11.6 Å². The number of hydrogen-bond acceptors (Lipinski definition) is 3. The van der Waals surface area contributed by atoms with E-state index in [9.17, 15) is 13.2 Å². The molecule has 0 unspecified atom stereocenters. The van der Waals surface area contributed by atoms with Gasteiger partial charge in [0.05, 0.1) is 12.2 Å². The average molecular weight is 353 g/mol. The predicted molar refractivity (Wildman–Crippen MR) is 83.7 cm³/mol. The number of aliphatic imine (C=N–C) groups is 1. The van der Waals surface area contributed by atoms with Gasteiger partial charge >= 0.3 is 6.18 Å². The van der Waals surface area contributed by atoms with E-state index in [-0.39, 0.29) is 23.0 Å². The number of rotatable bonds is 5. The van der Waals surface area contributed by atoms with Gasteiger partial charge in [0.1, 0.15) is 5.02 Å². The Balaban J connectivity index is 2.44. The minimum Gasteiger partial charge on any atom is -0.477 e. The van der Waals surface area contributed by atoms with Gasteiger partial charge in [-0.15, -0.1) is 0 Å². The van der Waals surface area contributed by atoms with E-state index in [0.29, 0.717) is 25.1 Å². The van der Waals surface area contributed by atoms with Gasteiger partial charge in [-0.2, -0.15) is 13.2 Å². The highest BCUT2D eigenvalue weighted by molar-refractivity contribution is 6.31.